The van der Waals surface area contributed by atoms with Gasteiger partial charge in [-0.3, -0.25) is 4.79 Å². The number of carbonyl (C=O) groups excluding carboxylic acids is 1. The molecule has 0 saturated heterocycles. The maximum absolute atomic E-state index is 10.5. The lowest BCUT2D eigenvalue weighted by atomic mass is 10.0. The van der Waals surface area contributed by atoms with E-state index in [0.29, 0.717) is 5.92 Å². The fourth-order valence-electron chi connectivity index (χ4n) is 0.953. The van der Waals surface area contributed by atoms with Crippen molar-refractivity contribution in [1.82, 2.24) is 0 Å². The lowest BCUT2D eigenvalue weighted by molar-refractivity contribution is -0.145. The smallest absolute Gasteiger partial charge is 0.302 e. The van der Waals surface area contributed by atoms with Gasteiger partial charge in [-0.1, -0.05) is 6.92 Å². The van der Waals surface area contributed by atoms with Crippen molar-refractivity contribution in [3.05, 3.63) is 0 Å². The second-order valence-corrected chi connectivity index (χ2v) is 3.29. The van der Waals surface area contributed by atoms with Crippen LogP contribution in [0.15, 0.2) is 0 Å². The van der Waals surface area contributed by atoms with E-state index >= 15 is 0 Å². The Morgan fingerprint density at radius 1 is 1.42 bits per heavy atom. The zero-order valence-corrected chi connectivity index (χ0v) is 8.04. The molecule has 2 atom stereocenters. The van der Waals surface area contributed by atoms with E-state index in [0.717, 1.165) is 12.8 Å². The number of aliphatic hydroxyl groups is 1. The number of carbonyl (C=O) groups is 1. The molecule has 0 heterocycles. The van der Waals surface area contributed by atoms with E-state index in [1.165, 1.54) is 6.92 Å². The van der Waals surface area contributed by atoms with Crippen LogP contribution in [0.2, 0.25) is 0 Å². The van der Waals surface area contributed by atoms with Gasteiger partial charge in [0, 0.05) is 13.5 Å². The first kappa shape index (κ1) is 11.4. The highest BCUT2D eigenvalue weighted by atomic mass is 16.5. The van der Waals surface area contributed by atoms with Crippen molar-refractivity contribution in [2.45, 2.75) is 39.7 Å². The van der Waals surface area contributed by atoms with Crippen molar-refractivity contribution in [1.29, 1.82) is 0 Å². The molecule has 0 aromatic heterocycles. The van der Waals surface area contributed by atoms with E-state index in [4.69, 9.17) is 9.84 Å². The van der Waals surface area contributed by atoms with Gasteiger partial charge in [0.15, 0.2) is 0 Å². The maximum atomic E-state index is 10.5. The zero-order chi connectivity index (χ0) is 9.56. The molecule has 0 saturated carbocycles. The van der Waals surface area contributed by atoms with E-state index in [1.54, 1.807) is 0 Å². The average molecular weight is 174 g/mol. The number of hydrogen-bond donors (Lipinski definition) is 1. The largest absolute Gasteiger partial charge is 0.463 e. The molecule has 0 aliphatic rings. The molecule has 0 bridgehead atoms. The van der Waals surface area contributed by atoms with E-state index in [1.807, 2.05) is 13.8 Å². The molecule has 0 radical (unpaired) electrons. The molecule has 3 heteroatoms. The summed E-state index contributed by atoms with van der Waals surface area (Å²) in [4.78, 5) is 10.5. The number of hydrogen-bond acceptors (Lipinski definition) is 3. The van der Waals surface area contributed by atoms with Gasteiger partial charge in [-0.15, -0.1) is 0 Å². The van der Waals surface area contributed by atoms with Crippen molar-refractivity contribution >= 4 is 5.97 Å². The minimum absolute atomic E-state index is 0.0310. The van der Waals surface area contributed by atoms with Crippen LogP contribution in [0.25, 0.3) is 0 Å². The number of ether oxygens (including phenoxy) is 1. The molecule has 3 nitrogen and oxygen atoms in total. The van der Waals surface area contributed by atoms with Gasteiger partial charge in [0.05, 0.1) is 6.10 Å². The van der Waals surface area contributed by atoms with Gasteiger partial charge in [-0.2, -0.15) is 0 Å². The van der Waals surface area contributed by atoms with Crippen LogP contribution in [0.4, 0.5) is 0 Å². The molecule has 0 aromatic carbocycles. The molecule has 0 fully saturated rings. The molecule has 0 aliphatic carbocycles. The monoisotopic (exact) mass is 174 g/mol. The first-order valence-electron chi connectivity index (χ1n) is 4.34. The van der Waals surface area contributed by atoms with Crippen molar-refractivity contribution in [2.75, 3.05) is 6.61 Å². The molecule has 0 unspecified atom stereocenters. The summed E-state index contributed by atoms with van der Waals surface area (Å²) in [7, 11) is 0. The Morgan fingerprint density at radius 3 is 2.42 bits per heavy atom. The van der Waals surface area contributed by atoms with Crippen LogP contribution >= 0.6 is 0 Å². The van der Waals surface area contributed by atoms with Gasteiger partial charge in [0.2, 0.25) is 0 Å². The molecule has 0 amide bonds. The minimum atomic E-state index is -0.237. The van der Waals surface area contributed by atoms with Crippen LogP contribution in [0.5, 0.6) is 0 Å². The SMILES string of the molecule is CC(=O)O[C@H](C)CC[C@H](C)CO. The molecule has 0 spiro atoms. The quantitative estimate of drug-likeness (QED) is 0.640. The predicted molar refractivity (Wildman–Crippen MR) is 46.7 cm³/mol. The van der Waals surface area contributed by atoms with E-state index in [9.17, 15) is 4.79 Å². The number of esters is 1. The summed E-state index contributed by atoms with van der Waals surface area (Å²) in [5.74, 6) is 0.0576. The van der Waals surface area contributed by atoms with Gasteiger partial charge < -0.3 is 9.84 Å². The van der Waals surface area contributed by atoms with Crippen LogP contribution in [-0.2, 0) is 9.53 Å². The maximum Gasteiger partial charge on any atom is 0.302 e. The minimum Gasteiger partial charge on any atom is -0.463 e. The molecule has 0 aromatic rings. The highest BCUT2D eigenvalue weighted by molar-refractivity contribution is 5.66. The molecule has 0 rings (SSSR count). The summed E-state index contributed by atoms with van der Waals surface area (Å²) in [5, 5.41) is 8.72. The normalized spacial score (nSPS) is 15.3. The summed E-state index contributed by atoms with van der Waals surface area (Å²) in [6, 6.07) is 0. The first-order chi connectivity index (χ1) is 5.56. The second kappa shape index (κ2) is 6.00. The van der Waals surface area contributed by atoms with Crippen molar-refractivity contribution in [2.24, 2.45) is 5.92 Å². The summed E-state index contributed by atoms with van der Waals surface area (Å²) >= 11 is 0. The number of aliphatic hydroxyl groups excluding tert-OH is 1. The van der Waals surface area contributed by atoms with E-state index < -0.39 is 0 Å². The van der Waals surface area contributed by atoms with Crippen LogP contribution in [0.1, 0.15) is 33.6 Å². The Hall–Kier alpha value is -0.570. The van der Waals surface area contributed by atoms with Gasteiger partial charge in [-0.05, 0) is 25.7 Å². The average Bonchev–Trinajstić information content (AvgIpc) is 1.99. The standard InChI is InChI=1S/C9H18O3/c1-7(6-10)4-5-8(2)12-9(3)11/h7-8,10H,4-6H2,1-3H3/t7-,8+/m0/s1. The fraction of sp³-hybridized carbons (Fsp3) is 0.889. The van der Waals surface area contributed by atoms with E-state index in [-0.39, 0.29) is 18.7 Å². The topological polar surface area (TPSA) is 46.5 Å². The molecular weight excluding hydrogens is 156 g/mol. The summed E-state index contributed by atoms with van der Waals surface area (Å²) in [5.41, 5.74) is 0. The molecule has 1 N–H and O–H groups in total. The third-order valence-corrected chi connectivity index (χ3v) is 1.74. The third kappa shape index (κ3) is 6.16. The summed E-state index contributed by atoms with van der Waals surface area (Å²) in [6.45, 7) is 5.45. The van der Waals surface area contributed by atoms with Gasteiger partial charge in [0.1, 0.15) is 0 Å². The lowest BCUT2D eigenvalue weighted by Crippen LogP contribution is -2.14. The molecular formula is C9H18O3. The van der Waals surface area contributed by atoms with Crippen molar-refractivity contribution in [3.63, 3.8) is 0 Å². The lowest BCUT2D eigenvalue weighted by Gasteiger charge is -2.13. The molecule has 72 valence electrons. The number of rotatable bonds is 5. The Labute approximate surface area is 73.7 Å². The second-order valence-electron chi connectivity index (χ2n) is 3.29. The van der Waals surface area contributed by atoms with Crippen LogP contribution in [0.3, 0.4) is 0 Å². The highest BCUT2D eigenvalue weighted by Gasteiger charge is 2.07. The molecule has 12 heavy (non-hydrogen) atoms. The van der Waals surface area contributed by atoms with Crippen LogP contribution in [0, 0.1) is 5.92 Å². The Morgan fingerprint density at radius 2 is 2.00 bits per heavy atom. The molecule has 0 aliphatic heterocycles. The zero-order valence-electron chi connectivity index (χ0n) is 8.04. The first-order valence-corrected chi connectivity index (χ1v) is 4.34. The van der Waals surface area contributed by atoms with Crippen LogP contribution < -0.4 is 0 Å². The predicted octanol–water partition coefficient (Wildman–Crippen LogP) is 1.35. The van der Waals surface area contributed by atoms with E-state index in [2.05, 4.69) is 0 Å². The fourth-order valence-corrected chi connectivity index (χ4v) is 0.953. The Kier molecular flexibility index (Phi) is 5.72. The van der Waals surface area contributed by atoms with Crippen molar-refractivity contribution < 1.29 is 14.6 Å². The Balaban J connectivity index is 3.43. The summed E-state index contributed by atoms with van der Waals surface area (Å²) < 4.78 is 4.92. The van der Waals surface area contributed by atoms with Gasteiger partial charge in [0.25, 0.3) is 0 Å². The van der Waals surface area contributed by atoms with Crippen LogP contribution in [-0.4, -0.2) is 23.8 Å². The van der Waals surface area contributed by atoms with Gasteiger partial charge >= 0.3 is 5.97 Å². The van der Waals surface area contributed by atoms with Gasteiger partial charge in [-0.25, -0.2) is 0 Å². The third-order valence-electron chi connectivity index (χ3n) is 1.74. The summed E-state index contributed by atoms with van der Waals surface area (Å²) in [6.07, 6.45) is 1.68. The van der Waals surface area contributed by atoms with Crippen molar-refractivity contribution in [3.8, 4) is 0 Å². The highest BCUT2D eigenvalue weighted by Crippen LogP contribution is 2.09. The Bertz CT molecular complexity index is 134.